The van der Waals surface area contributed by atoms with Gasteiger partial charge >= 0.3 is 11.9 Å². The first-order chi connectivity index (χ1) is 21.4. The van der Waals surface area contributed by atoms with E-state index in [1.54, 1.807) is 0 Å². The summed E-state index contributed by atoms with van der Waals surface area (Å²) in [7, 11) is 2.75. The summed E-state index contributed by atoms with van der Waals surface area (Å²) in [6, 6.07) is -0.116. The largest absolute Gasteiger partial charge is 0.469 e. The monoisotopic (exact) mass is 616 g/mol. The lowest BCUT2D eigenvalue weighted by molar-refractivity contribution is -0.141. The number of methoxy groups -OCH3 is 2. The number of nitrogens with zero attached hydrogens (tertiary/aromatic N) is 1. The van der Waals surface area contributed by atoms with Crippen molar-refractivity contribution in [3.05, 3.63) is 66.6 Å². The maximum atomic E-state index is 12.5. The molecule has 4 heterocycles. The first-order valence-corrected chi connectivity index (χ1v) is 15.5. The van der Waals surface area contributed by atoms with E-state index in [-0.39, 0.29) is 42.6 Å². The molecule has 2 aliphatic heterocycles. The number of rotatable bonds is 12. The number of aliphatic imine (C=N–C) groups is 1. The Morgan fingerprint density at radius 3 is 2.00 bits per heavy atom. The summed E-state index contributed by atoms with van der Waals surface area (Å²) >= 11 is 0. The maximum absolute atomic E-state index is 12.5. The third-order valence-electron chi connectivity index (χ3n) is 9.16. The van der Waals surface area contributed by atoms with Crippen LogP contribution in [0, 0.1) is 13.8 Å². The van der Waals surface area contributed by atoms with Crippen LogP contribution in [0.1, 0.15) is 87.0 Å². The van der Waals surface area contributed by atoms with Gasteiger partial charge in [-0.1, -0.05) is 13.8 Å². The number of amides is 2. The fraction of sp³-hybridized carbons (Fsp3) is 0.457. The lowest BCUT2D eigenvalue weighted by Gasteiger charge is -2.12. The third-order valence-corrected chi connectivity index (χ3v) is 9.16. The first-order valence-electron chi connectivity index (χ1n) is 15.5. The fourth-order valence-electron chi connectivity index (χ4n) is 6.30. The van der Waals surface area contributed by atoms with Gasteiger partial charge in [0.25, 0.3) is 5.91 Å². The molecule has 4 rings (SSSR count). The second kappa shape index (κ2) is 14.1. The molecule has 0 radical (unpaired) electrons. The highest BCUT2D eigenvalue weighted by Gasteiger charge is 2.29. The van der Waals surface area contributed by atoms with Gasteiger partial charge in [-0.2, -0.15) is 0 Å². The van der Waals surface area contributed by atoms with Crippen LogP contribution in [0.5, 0.6) is 0 Å². The molecule has 2 amide bonds. The van der Waals surface area contributed by atoms with Gasteiger partial charge in [-0.25, -0.2) is 4.99 Å². The van der Waals surface area contributed by atoms with E-state index < -0.39 is 0 Å². The number of nitrogens with one attached hydrogen (secondary N) is 3. The lowest BCUT2D eigenvalue weighted by atomic mass is 9.98. The predicted octanol–water partition coefficient (Wildman–Crippen LogP) is 3.26. The number of ether oxygens (including phenoxy) is 2. The van der Waals surface area contributed by atoms with Gasteiger partial charge in [0.2, 0.25) is 5.91 Å². The Labute approximate surface area is 263 Å². The molecular weight excluding hydrogens is 572 g/mol. The van der Waals surface area contributed by atoms with Gasteiger partial charge in [0.1, 0.15) is 0 Å². The van der Waals surface area contributed by atoms with Gasteiger partial charge in [-0.15, -0.1) is 0 Å². The minimum Gasteiger partial charge on any atom is -0.469 e. The van der Waals surface area contributed by atoms with Gasteiger partial charge < -0.3 is 24.8 Å². The van der Waals surface area contributed by atoms with Crippen molar-refractivity contribution in [2.45, 2.75) is 92.5 Å². The minimum atomic E-state index is -0.311. The molecule has 10 heteroatoms. The Hall–Kier alpha value is -4.47. The lowest BCUT2D eigenvalue weighted by Crippen LogP contribution is -2.30. The van der Waals surface area contributed by atoms with Crippen LogP contribution in [0.2, 0.25) is 0 Å². The summed E-state index contributed by atoms with van der Waals surface area (Å²) in [5.74, 6) is -0.838. The molecule has 45 heavy (non-hydrogen) atoms. The Balaban J connectivity index is 1.85. The second-order valence-corrected chi connectivity index (χ2v) is 11.6. The van der Waals surface area contributed by atoms with Gasteiger partial charge in [-0.3, -0.25) is 19.2 Å². The number of carbonyl (C=O) groups is 4. The highest BCUT2D eigenvalue weighted by atomic mass is 16.5. The van der Waals surface area contributed by atoms with Crippen LogP contribution in [0.4, 0.5) is 0 Å². The van der Waals surface area contributed by atoms with Crippen molar-refractivity contribution in [1.82, 2.24) is 15.3 Å². The van der Waals surface area contributed by atoms with Crippen LogP contribution < -0.4 is 16.0 Å². The zero-order chi connectivity index (χ0) is 33.0. The number of esters is 2. The van der Waals surface area contributed by atoms with E-state index in [1.165, 1.54) is 14.2 Å². The summed E-state index contributed by atoms with van der Waals surface area (Å²) in [5.41, 5.74) is 9.76. The molecule has 0 fully saturated rings. The van der Waals surface area contributed by atoms with E-state index in [2.05, 4.69) is 20.3 Å². The normalized spacial score (nSPS) is 17.5. The van der Waals surface area contributed by atoms with E-state index in [0.29, 0.717) is 43.4 Å². The second-order valence-electron chi connectivity index (χ2n) is 11.6. The Bertz CT molecular complexity index is 1760. The number of hydrogen-bond donors (Lipinski definition) is 3. The Kier molecular flexibility index (Phi) is 10.5. The van der Waals surface area contributed by atoms with E-state index in [0.717, 1.165) is 61.1 Å². The van der Waals surface area contributed by atoms with E-state index in [9.17, 15) is 19.2 Å². The number of aromatic nitrogens is 2. The number of hydrogen-bond acceptors (Lipinski definition) is 6. The molecule has 1 unspecified atom stereocenters. The molecule has 0 saturated carbocycles. The molecule has 0 aliphatic carbocycles. The fourth-order valence-corrected chi connectivity index (χ4v) is 6.30. The van der Waals surface area contributed by atoms with Crippen LogP contribution in [-0.4, -0.2) is 59.7 Å². The number of carbonyl (C=O) groups excluding carboxylic acids is 4. The van der Waals surface area contributed by atoms with Crippen LogP contribution in [0.25, 0.3) is 12.2 Å². The third kappa shape index (κ3) is 6.95. The van der Waals surface area contributed by atoms with E-state index in [1.807, 2.05) is 53.7 Å². The molecule has 10 nitrogen and oxygen atoms in total. The van der Waals surface area contributed by atoms with Crippen LogP contribution in [0.3, 0.4) is 0 Å². The Morgan fingerprint density at radius 1 is 0.822 bits per heavy atom. The van der Waals surface area contributed by atoms with Crippen molar-refractivity contribution in [2.75, 3.05) is 14.2 Å². The van der Waals surface area contributed by atoms with Crippen LogP contribution in [-0.2, 0) is 47.9 Å². The summed E-state index contributed by atoms with van der Waals surface area (Å²) < 4.78 is 9.85. The molecule has 0 saturated heterocycles. The quantitative estimate of drug-likeness (QED) is 0.313. The molecule has 2 aromatic heterocycles. The van der Waals surface area contributed by atoms with E-state index >= 15 is 0 Å². The Morgan fingerprint density at radius 2 is 1.44 bits per heavy atom. The van der Waals surface area contributed by atoms with Crippen molar-refractivity contribution in [3.63, 3.8) is 0 Å². The summed E-state index contributed by atoms with van der Waals surface area (Å²) in [5, 5.41) is 4.71. The van der Waals surface area contributed by atoms with Crippen molar-refractivity contribution in [2.24, 2.45) is 4.99 Å². The highest BCUT2D eigenvalue weighted by Crippen LogP contribution is 2.27. The average molecular weight is 617 g/mol. The van der Waals surface area contributed by atoms with Gasteiger partial charge in [-0.05, 0) is 98.9 Å². The zero-order valence-electron chi connectivity index (χ0n) is 27.6. The molecule has 2 aliphatic rings. The highest BCUT2D eigenvalue weighted by molar-refractivity contribution is 6.30. The van der Waals surface area contributed by atoms with Gasteiger partial charge in [0.05, 0.1) is 26.0 Å². The number of allylic oxidation sites excluding steroid dienone is 1. The first kappa shape index (κ1) is 33.4. The number of aromatic amines is 2. The molecule has 1 atom stereocenters. The predicted molar refractivity (Wildman–Crippen MR) is 173 cm³/mol. The van der Waals surface area contributed by atoms with Crippen molar-refractivity contribution < 1.29 is 28.7 Å². The molecule has 2 aromatic rings. The van der Waals surface area contributed by atoms with E-state index in [4.69, 9.17) is 9.47 Å². The van der Waals surface area contributed by atoms with Gasteiger partial charge in [0.15, 0.2) is 0 Å². The molecule has 0 aromatic carbocycles. The SMILES string of the molecule is CCC1=C(C)C(/C=c2/[nH]/c(=C\c3[nH]c(CC4NC(=O)C(CC)=C4C)c(C)c3CCC(=O)OC)c(CCC(=O)OC)c2C)=NC1=O. The molecule has 3 N–H and O–H groups in total. The topological polar surface area (TPSA) is 143 Å². The molecular formula is C35H44N4O6. The molecule has 0 spiro atoms. The van der Waals surface area contributed by atoms with Gasteiger partial charge in [0, 0.05) is 52.5 Å². The molecule has 0 bridgehead atoms. The minimum absolute atomic E-state index is 0.0208. The zero-order valence-corrected chi connectivity index (χ0v) is 27.6. The smallest absolute Gasteiger partial charge is 0.305 e. The summed E-state index contributed by atoms with van der Waals surface area (Å²) in [6.45, 7) is 11.8. The average Bonchev–Trinajstić information content (AvgIpc) is 3.66. The van der Waals surface area contributed by atoms with Crippen LogP contribution >= 0.6 is 0 Å². The van der Waals surface area contributed by atoms with Crippen molar-refractivity contribution in [3.8, 4) is 0 Å². The van der Waals surface area contributed by atoms with Crippen LogP contribution in [0.15, 0.2) is 27.3 Å². The summed E-state index contributed by atoms with van der Waals surface area (Å²) in [6.07, 6.45) is 7.09. The van der Waals surface area contributed by atoms with Crippen molar-refractivity contribution >= 4 is 41.6 Å². The standard InChI is InChI=1S/C35H44N4O6/c1-9-22-18(3)28(38-34(22)42)15-26-20(5)24(11-13-32(40)44-7)30(36-26)17-31-25(12-14-33(41)45-8)21(6)27(37-31)16-29-19(4)23(10-2)35(43)39-29/h15,17,29,36-37H,9-14,16H2,1-8H3,(H,39,43)/b26-15+,30-17-. The summed E-state index contributed by atoms with van der Waals surface area (Å²) in [4.78, 5) is 60.6. The van der Waals surface area contributed by atoms with Crippen molar-refractivity contribution in [1.29, 1.82) is 0 Å². The maximum Gasteiger partial charge on any atom is 0.305 e. The molecule has 240 valence electrons. The number of H-pyrrole nitrogens is 2.